The maximum absolute atomic E-state index is 10.7. The highest BCUT2D eigenvalue weighted by atomic mass is 16.5. The van der Waals surface area contributed by atoms with Crippen LogP contribution in [0, 0.1) is 0 Å². The first-order valence-electron chi connectivity index (χ1n) is 9.99. The number of carbonyl (C=O) groups is 1. The molecule has 0 saturated heterocycles. The standard InChI is InChI=1S/C24H27NO4/c1-2-3-4-11-23(26)18-12-13-21-17(14-18)7-5-10-22(21)25-19-8-6-9-20(15-19)29-16-24(27)28/h5-10,12-15,23,25-26H,2-4,11,16H2,1H3,(H,27,28). The van der Waals surface area contributed by atoms with Crippen LogP contribution in [0.1, 0.15) is 44.3 Å². The Morgan fingerprint density at radius 2 is 1.90 bits per heavy atom. The number of hydrogen-bond acceptors (Lipinski definition) is 4. The van der Waals surface area contributed by atoms with Crippen LogP contribution in [-0.4, -0.2) is 22.8 Å². The maximum atomic E-state index is 10.7. The van der Waals surface area contributed by atoms with Crippen molar-refractivity contribution in [3.8, 4) is 5.75 Å². The fourth-order valence-corrected chi connectivity index (χ4v) is 3.34. The normalized spacial score (nSPS) is 11.9. The van der Waals surface area contributed by atoms with Crippen molar-refractivity contribution in [1.29, 1.82) is 0 Å². The molecule has 0 aliphatic carbocycles. The Labute approximate surface area is 171 Å². The molecular formula is C24H27NO4. The quantitative estimate of drug-likeness (QED) is 0.387. The van der Waals surface area contributed by atoms with Crippen LogP contribution in [0.2, 0.25) is 0 Å². The summed E-state index contributed by atoms with van der Waals surface area (Å²) < 4.78 is 5.25. The summed E-state index contributed by atoms with van der Waals surface area (Å²) in [6.07, 6.45) is 3.64. The molecule has 0 aliphatic heterocycles. The second-order valence-corrected chi connectivity index (χ2v) is 7.13. The number of aliphatic hydroxyl groups is 1. The Morgan fingerprint density at radius 3 is 2.69 bits per heavy atom. The molecule has 29 heavy (non-hydrogen) atoms. The lowest BCUT2D eigenvalue weighted by molar-refractivity contribution is -0.139. The molecule has 0 aromatic heterocycles. The molecule has 5 nitrogen and oxygen atoms in total. The Balaban J connectivity index is 1.78. The summed E-state index contributed by atoms with van der Waals surface area (Å²) >= 11 is 0. The zero-order chi connectivity index (χ0) is 20.6. The van der Waals surface area contributed by atoms with E-state index in [4.69, 9.17) is 9.84 Å². The molecule has 0 radical (unpaired) electrons. The molecule has 5 heteroatoms. The van der Waals surface area contributed by atoms with Crippen LogP contribution in [-0.2, 0) is 4.79 Å². The average Bonchev–Trinajstić information content (AvgIpc) is 2.72. The van der Waals surface area contributed by atoms with Crippen LogP contribution >= 0.6 is 0 Å². The van der Waals surface area contributed by atoms with Gasteiger partial charge in [0.1, 0.15) is 5.75 Å². The number of anilines is 2. The number of unbranched alkanes of at least 4 members (excludes halogenated alkanes) is 2. The first-order valence-corrected chi connectivity index (χ1v) is 9.99. The Morgan fingerprint density at radius 1 is 1.07 bits per heavy atom. The van der Waals surface area contributed by atoms with E-state index in [9.17, 15) is 9.90 Å². The molecule has 0 heterocycles. The molecule has 152 valence electrons. The first-order chi connectivity index (χ1) is 14.1. The fourth-order valence-electron chi connectivity index (χ4n) is 3.34. The summed E-state index contributed by atoms with van der Waals surface area (Å²) in [5.74, 6) is -0.514. The SMILES string of the molecule is CCCCCC(O)c1ccc2c(Nc3cccc(OCC(=O)O)c3)cccc2c1. The summed E-state index contributed by atoms with van der Waals surface area (Å²) in [5.41, 5.74) is 2.68. The molecule has 0 spiro atoms. The highest BCUT2D eigenvalue weighted by molar-refractivity contribution is 5.95. The molecule has 3 aromatic carbocycles. The molecule has 3 aromatic rings. The summed E-state index contributed by atoms with van der Waals surface area (Å²) in [5, 5.41) is 24.7. The van der Waals surface area contributed by atoms with Crippen LogP contribution < -0.4 is 10.1 Å². The molecule has 0 bridgehead atoms. The lowest BCUT2D eigenvalue weighted by Crippen LogP contribution is -2.09. The molecule has 0 aliphatic rings. The number of rotatable bonds is 10. The smallest absolute Gasteiger partial charge is 0.341 e. The zero-order valence-electron chi connectivity index (χ0n) is 16.6. The van der Waals surface area contributed by atoms with Gasteiger partial charge in [-0.3, -0.25) is 0 Å². The third-order valence-corrected chi connectivity index (χ3v) is 4.85. The van der Waals surface area contributed by atoms with Crippen LogP contribution in [0.25, 0.3) is 10.8 Å². The summed E-state index contributed by atoms with van der Waals surface area (Å²) in [4.78, 5) is 10.7. The molecule has 1 atom stereocenters. The Hall–Kier alpha value is -3.05. The van der Waals surface area contributed by atoms with Crippen molar-refractivity contribution in [2.75, 3.05) is 11.9 Å². The number of fused-ring (bicyclic) bond motifs is 1. The zero-order valence-corrected chi connectivity index (χ0v) is 16.6. The van der Waals surface area contributed by atoms with Gasteiger partial charge in [-0.1, -0.05) is 56.5 Å². The third-order valence-electron chi connectivity index (χ3n) is 4.85. The van der Waals surface area contributed by atoms with Gasteiger partial charge in [-0.05, 0) is 41.6 Å². The van der Waals surface area contributed by atoms with Gasteiger partial charge in [0.05, 0.1) is 6.10 Å². The van der Waals surface area contributed by atoms with Crippen LogP contribution in [0.15, 0.2) is 60.7 Å². The van der Waals surface area contributed by atoms with E-state index in [1.165, 1.54) is 0 Å². The highest BCUT2D eigenvalue weighted by Gasteiger charge is 2.10. The van der Waals surface area contributed by atoms with E-state index >= 15 is 0 Å². The van der Waals surface area contributed by atoms with Crippen LogP contribution in [0.3, 0.4) is 0 Å². The van der Waals surface area contributed by atoms with E-state index in [0.717, 1.165) is 53.4 Å². The first kappa shape index (κ1) is 20.7. The van der Waals surface area contributed by atoms with Gasteiger partial charge in [0.2, 0.25) is 0 Å². The topological polar surface area (TPSA) is 78.8 Å². The molecule has 0 amide bonds. The highest BCUT2D eigenvalue weighted by Crippen LogP contribution is 2.31. The summed E-state index contributed by atoms with van der Waals surface area (Å²) in [7, 11) is 0. The van der Waals surface area contributed by atoms with E-state index in [1.807, 2.05) is 48.5 Å². The fraction of sp³-hybridized carbons (Fsp3) is 0.292. The maximum Gasteiger partial charge on any atom is 0.341 e. The van der Waals surface area contributed by atoms with E-state index < -0.39 is 12.1 Å². The van der Waals surface area contributed by atoms with Crippen molar-refractivity contribution in [3.05, 3.63) is 66.2 Å². The number of aliphatic carboxylic acids is 1. The van der Waals surface area contributed by atoms with Gasteiger partial charge in [0.15, 0.2) is 6.61 Å². The lowest BCUT2D eigenvalue weighted by Gasteiger charge is -2.14. The predicted octanol–water partition coefficient (Wildman–Crippen LogP) is 5.66. The van der Waals surface area contributed by atoms with Gasteiger partial charge in [0.25, 0.3) is 0 Å². The number of nitrogens with one attached hydrogen (secondary N) is 1. The lowest BCUT2D eigenvalue weighted by atomic mass is 9.99. The molecule has 0 saturated carbocycles. The molecule has 1 unspecified atom stereocenters. The largest absolute Gasteiger partial charge is 0.482 e. The van der Waals surface area contributed by atoms with Crippen molar-refractivity contribution in [3.63, 3.8) is 0 Å². The number of hydrogen-bond donors (Lipinski definition) is 3. The number of benzene rings is 3. The number of aliphatic hydroxyl groups excluding tert-OH is 1. The monoisotopic (exact) mass is 393 g/mol. The Bertz CT molecular complexity index is 970. The average molecular weight is 393 g/mol. The van der Waals surface area contributed by atoms with Crippen molar-refractivity contribution >= 4 is 28.1 Å². The second-order valence-electron chi connectivity index (χ2n) is 7.13. The minimum Gasteiger partial charge on any atom is -0.482 e. The van der Waals surface area contributed by atoms with Crippen molar-refractivity contribution in [2.24, 2.45) is 0 Å². The van der Waals surface area contributed by atoms with Crippen molar-refractivity contribution < 1.29 is 19.7 Å². The van der Waals surface area contributed by atoms with Gasteiger partial charge < -0.3 is 20.3 Å². The van der Waals surface area contributed by atoms with E-state index in [2.05, 4.69) is 12.2 Å². The third kappa shape index (κ3) is 5.72. The molecular weight excluding hydrogens is 366 g/mol. The molecule has 3 rings (SSSR count). The van der Waals surface area contributed by atoms with Gasteiger partial charge in [-0.25, -0.2) is 4.79 Å². The Kier molecular flexibility index (Phi) is 7.09. The predicted molar refractivity (Wildman–Crippen MR) is 116 cm³/mol. The summed E-state index contributed by atoms with van der Waals surface area (Å²) in [6.45, 7) is 1.78. The van der Waals surface area contributed by atoms with Crippen molar-refractivity contribution in [2.45, 2.75) is 38.7 Å². The second kappa shape index (κ2) is 9.94. The van der Waals surface area contributed by atoms with E-state index in [1.54, 1.807) is 12.1 Å². The minimum atomic E-state index is -1.01. The van der Waals surface area contributed by atoms with Gasteiger partial charge in [-0.15, -0.1) is 0 Å². The summed E-state index contributed by atoms with van der Waals surface area (Å²) in [6, 6.07) is 19.3. The minimum absolute atomic E-state index is 0.374. The molecule has 3 N–H and O–H groups in total. The van der Waals surface area contributed by atoms with Crippen LogP contribution in [0.4, 0.5) is 11.4 Å². The van der Waals surface area contributed by atoms with Gasteiger partial charge in [-0.2, -0.15) is 0 Å². The van der Waals surface area contributed by atoms with Gasteiger partial charge in [0, 0.05) is 22.8 Å². The number of carboxylic acids is 1. The van der Waals surface area contributed by atoms with Gasteiger partial charge >= 0.3 is 5.97 Å². The van der Waals surface area contributed by atoms with Crippen LogP contribution in [0.5, 0.6) is 5.75 Å². The van der Waals surface area contributed by atoms with Crippen molar-refractivity contribution in [1.82, 2.24) is 0 Å². The number of ether oxygens (including phenoxy) is 1. The van der Waals surface area contributed by atoms with E-state index in [-0.39, 0.29) is 6.61 Å². The molecule has 0 fully saturated rings. The van der Waals surface area contributed by atoms with E-state index in [0.29, 0.717) is 5.75 Å². The number of carboxylic acid groups (broad SMARTS) is 1.